The van der Waals surface area contributed by atoms with Crippen molar-refractivity contribution in [3.8, 4) is 0 Å². The number of hydrogen-bond acceptors (Lipinski definition) is 3. The zero-order chi connectivity index (χ0) is 19.9. The highest BCUT2D eigenvalue weighted by atomic mass is 127. The molecule has 1 fully saturated rings. The Kier molecular flexibility index (Phi) is 8.57. The van der Waals surface area contributed by atoms with E-state index in [0.29, 0.717) is 12.5 Å². The molecule has 1 atom stereocenters. The molecule has 4 rings (SSSR count). The first-order valence-electron chi connectivity index (χ1n) is 10.4. The number of guanidine groups is 1. The number of hydrogen-bond donors (Lipinski definition) is 1. The third kappa shape index (κ3) is 5.98. The van der Waals surface area contributed by atoms with Crippen LogP contribution in [0.25, 0.3) is 11.0 Å². The molecule has 1 saturated heterocycles. The Morgan fingerprint density at radius 3 is 2.77 bits per heavy atom. The van der Waals surface area contributed by atoms with Crippen molar-refractivity contribution in [3.05, 3.63) is 72.0 Å². The molecular formula is C24H30IN3O2. The molecule has 160 valence electrons. The molecule has 5 nitrogen and oxygen atoms in total. The standard InChI is InChI=1S/C24H29N3O2.HI/c1-25-24(26-13-11-22-15-21-9-5-6-10-23(21)29-22)27-14-12-20(16-27)18-28-17-19-7-3-2-4-8-19;/h2-10,15,20H,11-14,16-18H2,1H3,(H,25,26);1H. The molecule has 2 heterocycles. The fourth-order valence-electron chi connectivity index (χ4n) is 3.87. The van der Waals surface area contributed by atoms with Crippen molar-refractivity contribution in [1.29, 1.82) is 0 Å². The summed E-state index contributed by atoms with van der Waals surface area (Å²) in [6, 6.07) is 20.6. The van der Waals surface area contributed by atoms with Crippen LogP contribution in [0.5, 0.6) is 0 Å². The van der Waals surface area contributed by atoms with Crippen LogP contribution in [0.4, 0.5) is 0 Å². The number of furan rings is 1. The second kappa shape index (κ2) is 11.4. The van der Waals surface area contributed by atoms with Crippen molar-refractivity contribution in [2.45, 2.75) is 19.4 Å². The number of likely N-dealkylation sites (tertiary alicyclic amines) is 1. The van der Waals surface area contributed by atoms with E-state index in [4.69, 9.17) is 9.15 Å². The molecule has 1 unspecified atom stereocenters. The highest BCUT2D eigenvalue weighted by Crippen LogP contribution is 2.19. The van der Waals surface area contributed by atoms with Crippen molar-refractivity contribution in [2.75, 3.05) is 33.3 Å². The fraction of sp³-hybridized carbons (Fsp3) is 0.375. The Balaban J connectivity index is 0.00000256. The van der Waals surface area contributed by atoms with Gasteiger partial charge in [-0.15, -0.1) is 24.0 Å². The minimum Gasteiger partial charge on any atom is -0.461 e. The number of ether oxygens (including phenoxy) is 1. The number of nitrogens with zero attached hydrogens (tertiary/aromatic N) is 2. The highest BCUT2D eigenvalue weighted by Gasteiger charge is 2.24. The number of halogens is 1. The highest BCUT2D eigenvalue weighted by molar-refractivity contribution is 14.0. The minimum absolute atomic E-state index is 0. The van der Waals surface area contributed by atoms with Crippen LogP contribution in [0.3, 0.4) is 0 Å². The van der Waals surface area contributed by atoms with Crippen LogP contribution in [-0.2, 0) is 17.8 Å². The van der Waals surface area contributed by atoms with E-state index in [-0.39, 0.29) is 24.0 Å². The Bertz CT molecular complexity index is 909. The van der Waals surface area contributed by atoms with Gasteiger partial charge in [0, 0.05) is 44.4 Å². The Hall–Kier alpha value is -2.06. The lowest BCUT2D eigenvalue weighted by Crippen LogP contribution is -2.41. The van der Waals surface area contributed by atoms with Gasteiger partial charge in [-0.05, 0) is 24.1 Å². The van der Waals surface area contributed by atoms with Crippen LogP contribution in [-0.4, -0.2) is 44.1 Å². The SMILES string of the molecule is CN=C(NCCc1cc2ccccc2o1)N1CCC(COCc2ccccc2)C1.I. The molecule has 30 heavy (non-hydrogen) atoms. The molecule has 6 heteroatoms. The first-order valence-corrected chi connectivity index (χ1v) is 10.4. The Labute approximate surface area is 195 Å². The van der Waals surface area contributed by atoms with E-state index in [1.54, 1.807) is 0 Å². The molecule has 0 bridgehead atoms. The molecule has 0 radical (unpaired) electrons. The van der Waals surface area contributed by atoms with Gasteiger partial charge in [0.1, 0.15) is 11.3 Å². The summed E-state index contributed by atoms with van der Waals surface area (Å²) in [4.78, 5) is 6.79. The van der Waals surface area contributed by atoms with Crippen molar-refractivity contribution in [1.82, 2.24) is 10.2 Å². The molecular weight excluding hydrogens is 489 g/mol. The summed E-state index contributed by atoms with van der Waals surface area (Å²) in [5.41, 5.74) is 2.18. The quantitative estimate of drug-likeness (QED) is 0.279. The Morgan fingerprint density at radius 1 is 1.17 bits per heavy atom. The summed E-state index contributed by atoms with van der Waals surface area (Å²) in [5.74, 6) is 2.52. The third-order valence-electron chi connectivity index (χ3n) is 5.39. The molecule has 1 N–H and O–H groups in total. The number of fused-ring (bicyclic) bond motifs is 1. The van der Waals surface area contributed by atoms with Gasteiger partial charge in [-0.1, -0.05) is 48.5 Å². The van der Waals surface area contributed by atoms with Crippen LogP contribution < -0.4 is 5.32 Å². The maximum absolute atomic E-state index is 5.93. The van der Waals surface area contributed by atoms with Gasteiger partial charge < -0.3 is 19.4 Å². The second-order valence-corrected chi connectivity index (χ2v) is 7.58. The summed E-state index contributed by atoms with van der Waals surface area (Å²) in [6.45, 7) is 4.28. The van der Waals surface area contributed by atoms with Gasteiger partial charge in [0.25, 0.3) is 0 Å². The lowest BCUT2D eigenvalue weighted by molar-refractivity contribution is 0.0907. The average molecular weight is 519 g/mol. The average Bonchev–Trinajstić information content (AvgIpc) is 3.39. The van der Waals surface area contributed by atoms with Crippen LogP contribution in [0.15, 0.2) is 70.1 Å². The normalized spacial score (nSPS) is 16.6. The van der Waals surface area contributed by atoms with Gasteiger partial charge in [0.05, 0.1) is 13.2 Å². The molecule has 3 aromatic rings. The van der Waals surface area contributed by atoms with E-state index in [1.807, 2.05) is 31.3 Å². The molecule has 0 spiro atoms. The van der Waals surface area contributed by atoms with E-state index in [9.17, 15) is 0 Å². The molecule has 2 aromatic carbocycles. The molecule has 1 aliphatic heterocycles. The predicted octanol–water partition coefficient (Wildman–Crippen LogP) is 4.71. The second-order valence-electron chi connectivity index (χ2n) is 7.58. The van der Waals surface area contributed by atoms with Gasteiger partial charge >= 0.3 is 0 Å². The topological polar surface area (TPSA) is 50.0 Å². The van der Waals surface area contributed by atoms with Crippen molar-refractivity contribution >= 4 is 40.9 Å². The van der Waals surface area contributed by atoms with E-state index < -0.39 is 0 Å². The first kappa shape index (κ1) is 22.6. The van der Waals surface area contributed by atoms with E-state index in [0.717, 1.165) is 61.8 Å². The monoisotopic (exact) mass is 519 g/mol. The predicted molar refractivity (Wildman–Crippen MR) is 132 cm³/mol. The molecule has 0 aliphatic carbocycles. The third-order valence-corrected chi connectivity index (χ3v) is 5.39. The maximum Gasteiger partial charge on any atom is 0.193 e. The van der Waals surface area contributed by atoms with Crippen LogP contribution in [0.1, 0.15) is 17.7 Å². The number of para-hydroxylation sites is 1. The Morgan fingerprint density at radius 2 is 1.97 bits per heavy atom. The van der Waals surface area contributed by atoms with E-state index >= 15 is 0 Å². The van der Waals surface area contributed by atoms with Gasteiger partial charge in [0.15, 0.2) is 5.96 Å². The van der Waals surface area contributed by atoms with Crippen molar-refractivity contribution in [3.63, 3.8) is 0 Å². The zero-order valence-electron chi connectivity index (χ0n) is 17.4. The maximum atomic E-state index is 5.93. The van der Waals surface area contributed by atoms with Gasteiger partial charge in [-0.3, -0.25) is 4.99 Å². The summed E-state index contributed by atoms with van der Waals surface area (Å²) in [5, 5.41) is 4.64. The van der Waals surface area contributed by atoms with E-state index in [1.165, 1.54) is 5.56 Å². The van der Waals surface area contributed by atoms with Crippen molar-refractivity contribution < 1.29 is 9.15 Å². The molecule has 1 aromatic heterocycles. The minimum atomic E-state index is 0. The summed E-state index contributed by atoms with van der Waals surface area (Å²) in [6.07, 6.45) is 1.98. The molecule has 1 aliphatic rings. The largest absolute Gasteiger partial charge is 0.461 e. The van der Waals surface area contributed by atoms with Gasteiger partial charge in [-0.2, -0.15) is 0 Å². The first-order chi connectivity index (χ1) is 14.3. The molecule has 0 saturated carbocycles. The van der Waals surface area contributed by atoms with Gasteiger partial charge in [-0.25, -0.2) is 0 Å². The number of aliphatic imine (C=N–C) groups is 1. The van der Waals surface area contributed by atoms with Crippen LogP contribution in [0, 0.1) is 5.92 Å². The van der Waals surface area contributed by atoms with Gasteiger partial charge in [0.2, 0.25) is 0 Å². The molecule has 0 amide bonds. The lowest BCUT2D eigenvalue weighted by Gasteiger charge is -2.21. The lowest BCUT2D eigenvalue weighted by atomic mass is 10.1. The number of rotatable bonds is 7. The summed E-state index contributed by atoms with van der Waals surface area (Å²) in [7, 11) is 1.85. The summed E-state index contributed by atoms with van der Waals surface area (Å²) >= 11 is 0. The van der Waals surface area contributed by atoms with E-state index in [2.05, 4.69) is 51.6 Å². The van der Waals surface area contributed by atoms with Crippen molar-refractivity contribution in [2.24, 2.45) is 10.9 Å². The number of benzene rings is 2. The summed E-state index contributed by atoms with van der Waals surface area (Å²) < 4.78 is 11.8. The van der Waals surface area contributed by atoms with Crippen LogP contribution >= 0.6 is 24.0 Å². The fourth-order valence-corrected chi connectivity index (χ4v) is 3.87. The van der Waals surface area contributed by atoms with Crippen LogP contribution in [0.2, 0.25) is 0 Å². The zero-order valence-corrected chi connectivity index (χ0v) is 19.8. The number of nitrogens with one attached hydrogen (secondary N) is 1. The smallest absolute Gasteiger partial charge is 0.193 e.